The zero-order chi connectivity index (χ0) is 14.2. The molecule has 0 unspecified atom stereocenters. The topological polar surface area (TPSA) is 36.9 Å². The summed E-state index contributed by atoms with van der Waals surface area (Å²) in [6, 6.07) is 5.92. The number of ether oxygens (including phenoxy) is 4. The molecule has 1 atom stereocenters. The Bertz CT molecular complexity index is 436. The Kier molecular flexibility index (Phi) is 5.89. The largest absolute Gasteiger partial charge is 0.493 e. The number of rotatable bonds is 6. The van der Waals surface area contributed by atoms with E-state index >= 15 is 0 Å². The van der Waals surface area contributed by atoms with Crippen molar-refractivity contribution in [1.29, 1.82) is 0 Å². The van der Waals surface area contributed by atoms with Gasteiger partial charge >= 0.3 is 0 Å². The van der Waals surface area contributed by atoms with Gasteiger partial charge in [0, 0.05) is 0 Å². The number of hydrogen-bond donors (Lipinski definition) is 0. The van der Waals surface area contributed by atoms with E-state index in [1.165, 1.54) is 0 Å². The molecular weight excluding hydrogens is 256 g/mol. The molecule has 20 heavy (non-hydrogen) atoms. The molecule has 1 saturated heterocycles. The van der Waals surface area contributed by atoms with Crippen LogP contribution in [0.4, 0.5) is 0 Å². The molecule has 1 aliphatic heterocycles. The molecule has 1 fully saturated rings. The zero-order valence-electron chi connectivity index (χ0n) is 12.1. The van der Waals surface area contributed by atoms with Crippen molar-refractivity contribution >= 4 is 6.08 Å². The molecule has 0 spiro atoms. The van der Waals surface area contributed by atoms with Crippen molar-refractivity contribution < 1.29 is 18.9 Å². The lowest BCUT2D eigenvalue weighted by atomic mass is 10.2. The van der Waals surface area contributed by atoms with E-state index in [9.17, 15) is 0 Å². The molecule has 0 amide bonds. The fraction of sp³-hybridized carbons (Fsp3) is 0.500. The predicted molar refractivity (Wildman–Crippen MR) is 78.4 cm³/mol. The van der Waals surface area contributed by atoms with Crippen molar-refractivity contribution in [3.8, 4) is 11.5 Å². The molecule has 110 valence electrons. The predicted octanol–water partition coefficient (Wildman–Crippen LogP) is 2.91. The average Bonchev–Trinajstić information content (AvgIpc) is 2.52. The van der Waals surface area contributed by atoms with E-state index in [0.717, 1.165) is 23.5 Å². The summed E-state index contributed by atoms with van der Waals surface area (Å²) in [6.07, 6.45) is 5.19. The molecule has 0 saturated carbocycles. The van der Waals surface area contributed by atoms with Crippen LogP contribution in [0, 0.1) is 0 Å². The van der Waals surface area contributed by atoms with Gasteiger partial charge in [-0.05, 0) is 24.1 Å². The highest BCUT2D eigenvalue weighted by molar-refractivity contribution is 5.55. The summed E-state index contributed by atoms with van der Waals surface area (Å²) in [5.41, 5.74) is 1.10. The van der Waals surface area contributed by atoms with Crippen LogP contribution in [0.15, 0.2) is 24.3 Å². The lowest BCUT2D eigenvalue weighted by Crippen LogP contribution is -2.33. The van der Waals surface area contributed by atoms with Gasteiger partial charge in [0.25, 0.3) is 0 Å². The molecule has 2 rings (SSSR count). The highest BCUT2D eigenvalue weighted by Gasteiger charge is 2.16. The quantitative estimate of drug-likeness (QED) is 0.801. The first-order chi connectivity index (χ1) is 9.83. The SMILES string of the molecule is CC/C=C/c1ccc(OC[C@H]2COCCO2)c(OC)c1. The monoisotopic (exact) mass is 278 g/mol. The van der Waals surface area contributed by atoms with Gasteiger partial charge in [-0.25, -0.2) is 0 Å². The Labute approximate surface area is 120 Å². The summed E-state index contributed by atoms with van der Waals surface area (Å²) in [5, 5.41) is 0. The van der Waals surface area contributed by atoms with Gasteiger partial charge < -0.3 is 18.9 Å². The first-order valence-corrected chi connectivity index (χ1v) is 7.00. The number of hydrogen-bond acceptors (Lipinski definition) is 4. The van der Waals surface area contributed by atoms with Crippen LogP contribution in [0.3, 0.4) is 0 Å². The van der Waals surface area contributed by atoms with E-state index in [-0.39, 0.29) is 6.10 Å². The molecular formula is C16H22O4. The smallest absolute Gasteiger partial charge is 0.161 e. The summed E-state index contributed by atoms with van der Waals surface area (Å²) >= 11 is 0. The molecule has 1 aromatic carbocycles. The molecule has 0 bridgehead atoms. The van der Waals surface area contributed by atoms with Gasteiger partial charge in [0.15, 0.2) is 11.5 Å². The maximum atomic E-state index is 5.77. The third-order valence-corrected chi connectivity index (χ3v) is 3.04. The van der Waals surface area contributed by atoms with Gasteiger partial charge in [0.2, 0.25) is 0 Å². The Hall–Kier alpha value is -1.52. The average molecular weight is 278 g/mol. The molecule has 0 aromatic heterocycles. The Morgan fingerprint density at radius 3 is 2.90 bits per heavy atom. The van der Waals surface area contributed by atoms with Crippen molar-refractivity contribution in [3.05, 3.63) is 29.8 Å². The van der Waals surface area contributed by atoms with Gasteiger partial charge in [0.05, 0.1) is 26.9 Å². The fourth-order valence-corrected chi connectivity index (χ4v) is 1.98. The van der Waals surface area contributed by atoms with Crippen molar-refractivity contribution in [2.45, 2.75) is 19.4 Å². The second-order valence-corrected chi connectivity index (χ2v) is 4.60. The van der Waals surface area contributed by atoms with Crippen molar-refractivity contribution in [2.24, 2.45) is 0 Å². The van der Waals surface area contributed by atoms with E-state index in [1.807, 2.05) is 18.2 Å². The van der Waals surface area contributed by atoms with E-state index < -0.39 is 0 Å². The highest BCUT2D eigenvalue weighted by Crippen LogP contribution is 2.29. The van der Waals surface area contributed by atoms with Crippen LogP contribution in [0.1, 0.15) is 18.9 Å². The van der Waals surface area contributed by atoms with Crippen LogP contribution in [-0.2, 0) is 9.47 Å². The van der Waals surface area contributed by atoms with Crippen LogP contribution in [0.25, 0.3) is 6.08 Å². The van der Waals surface area contributed by atoms with Crippen molar-refractivity contribution in [1.82, 2.24) is 0 Å². The van der Waals surface area contributed by atoms with Crippen LogP contribution in [-0.4, -0.2) is 39.6 Å². The molecule has 4 nitrogen and oxygen atoms in total. The van der Waals surface area contributed by atoms with Crippen LogP contribution in [0.5, 0.6) is 11.5 Å². The Balaban J connectivity index is 1.97. The normalized spacial score (nSPS) is 19.2. The molecule has 1 aliphatic rings. The third-order valence-electron chi connectivity index (χ3n) is 3.04. The van der Waals surface area contributed by atoms with Crippen molar-refractivity contribution in [2.75, 3.05) is 33.5 Å². The number of methoxy groups -OCH3 is 1. The third kappa shape index (κ3) is 4.25. The number of allylic oxidation sites excluding steroid dienone is 1. The van der Waals surface area contributed by atoms with Gasteiger partial charge in [-0.1, -0.05) is 25.1 Å². The Morgan fingerprint density at radius 2 is 2.20 bits per heavy atom. The van der Waals surface area contributed by atoms with E-state index in [0.29, 0.717) is 26.4 Å². The maximum absolute atomic E-state index is 5.77. The fourth-order valence-electron chi connectivity index (χ4n) is 1.98. The second-order valence-electron chi connectivity index (χ2n) is 4.60. The molecule has 0 radical (unpaired) electrons. The summed E-state index contributed by atoms with van der Waals surface area (Å²) in [5.74, 6) is 1.47. The zero-order valence-corrected chi connectivity index (χ0v) is 12.1. The lowest BCUT2D eigenvalue weighted by molar-refractivity contribution is -0.101. The minimum absolute atomic E-state index is 0.00637. The molecule has 1 aromatic rings. The summed E-state index contributed by atoms with van der Waals surface area (Å²) in [6.45, 7) is 4.46. The van der Waals surface area contributed by atoms with Crippen LogP contribution < -0.4 is 9.47 Å². The van der Waals surface area contributed by atoms with Gasteiger partial charge in [0.1, 0.15) is 12.7 Å². The van der Waals surface area contributed by atoms with Gasteiger partial charge in [-0.2, -0.15) is 0 Å². The lowest BCUT2D eigenvalue weighted by Gasteiger charge is -2.23. The van der Waals surface area contributed by atoms with Gasteiger partial charge in [-0.3, -0.25) is 0 Å². The van der Waals surface area contributed by atoms with E-state index in [4.69, 9.17) is 18.9 Å². The van der Waals surface area contributed by atoms with Crippen LogP contribution in [0.2, 0.25) is 0 Å². The second kappa shape index (κ2) is 7.92. The Morgan fingerprint density at radius 1 is 1.30 bits per heavy atom. The summed E-state index contributed by atoms with van der Waals surface area (Å²) in [7, 11) is 1.65. The minimum atomic E-state index is -0.00637. The summed E-state index contributed by atoms with van der Waals surface area (Å²) in [4.78, 5) is 0. The molecule has 0 N–H and O–H groups in total. The van der Waals surface area contributed by atoms with Gasteiger partial charge in [-0.15, -0.1) is 0 Å². The van der Waals surface area contributed by atoms with E-state index in [2.05, 4.69) is 19.1 Å². The summed E-state index contributed by atoms with van der Waals surface area (Å²) < 4.78 is 22.0. The first-order valence-electron chi connectivity index (χ1n) is 7.00. The molecule has 4 heteroatoms. The maximum Gasteiger partial charge on any atom is 0.161 e. The molecule has 1 heterocycles. The molecule has 0 aliphatic carbocycles. The van der Waals surface area contributed by atoms with E-state index in [1.54, 1.807) is 7.11 Å². The highest BCUT2D eigenvalue weighted by atomic mass is 16.6. The standard InChI is InChI=1S/C16H22O4/c1-3-4-5-13-6-7-15(16(10-13)17-2)20-12-14-11-18-8-9-19-14/h4-7,10,14H,3,8-9,11-12H2,1-2H3/b5-4+/t14-/m1/s1. The first kappa shape index (κ1) is 14.9. The van der Waals surface area contributed by atoms with Crippen LogP contribution >= 0.6 is 0 Å². The number of benzene rings is 1. The minimum Gasteiger partial charge on any atom is -0.493 e. The van der Waals surface area contributed by atoms with Crippen molar-refractivity contribution in [3.63, 3.8) is 0 Å².